The topological polar surface area (TPSA) is 78.8 Å². The van der Waals surface area contributed by atoms with E-state index >= 15 is 0 Å². The molecule has 0 amide bonds. The average Bonchev–Trinajstić information content (AvgIpc) is 3.36. The van der Waals surface area contributed by atoms with Crippen molar-refractivity contribution in [2.24, 2.45) is 0 Å². The van der Waals surface area contributed by atoms with Gasteiger partial charge in [0, 0.05) is 35.1 Å². The Bertz CT molecular complexity index is 1140. The van der Waals surface area contributed by atoms with Crippen LogP contribution >= 0.6 is 23.4 Å². The molecule has 9 heteroatoms. The number of imidazole rings is 1. The van der Waals surface area contributed by atoms with Gasteiger partial charge < -0.3 is 4.57 Å². The van der Waals surface area contributed by atoms with Crippen molar-refractivity contribution in [1.29, 1.82) is 0 Å². The largest absolute Gasteiger partial charge is 0.302 e. The summed E-state index contributed by atoms with van der Waals surface area (Å²) < 4.78 is 3.63. The summed E-state index contributed by atoms with van der Waals surface area (Å²) in [4.78, 5) is 15.0. The first-order chi connectivity index (χ1) is 13.6. The van der Waals surface area contributed by atoms with E-state index in [0.29, 0.717) is 10.6 Å². The van der Waals surface area contributed by atoms with Gasteiger partial charge in [-0.25, -0.2) is 9.67 Å². The second-order valence-corrected chi connectivity index (χ2v) is 7.10. The van der Waals surface area contributed by atoms with Crippen molar-refractivity contribution in [1.82, 2.24) is 19.3 Å². The Morgan fingerprint density at radius 3 is 2.61 bits per heavy atom. The van der Waals surface area contributed by atoms with Gasteiger partial charge in [-0.2, -0.15) is 5.10 Å². The highest BCUT2D eigenvalue weighted by molar-refractivity contribution is 7.98. The van der Waals surface area contributed by atoms with Crippen LogP contribution in [0.15, 0.2) is 72.3 Å². The molecule has 2 aromatic heterocycles. The molecule has 0 unspecified atom stereocenters. The normalized spacial score (nSPS) is 10.9. The lowest BCUT2D eigenvalue weighted by atomic mass is 10.1. The minimum atomic E-state index is -0.404. The Kier molecular flexibility index (Phi) is 4.89. The standard InChI is InChI=1S/C19H14ClN5O2S/c1-28-19-18(23-10-9-21-12-23)17(13-3-2-4-16(11-13)25(26)27)24(22-19)15-7-5-14(20)6-8-15/h2-12H,1H3. The zero-order valence-corrected chi connectivity index (χ0v) is 16.3. The summed E-state index contributed by atoms with van der Waals surface area (Å²) in [5.41, 5.74) is 3.03. The van der Waals surface area contributed by atoms with Gasteiger partial charge in [0.05, 0.1) is 22.6 Å². The van der Waals surface area contributed by atoms with Crippen LogP contribution < -0.4 is 0 Å². The number of halogens is 1. The summed E-state index contributed by atoms with van der Waals surface area (Å²) in [5, 5.41) is 17.4. The highest BCUT2D eigenvalue weighted by Crippen LogP contribution is 2.37. The van der Waals surface area contributed by atoms with Crippen LogP contribution in [0.4, 0.5) is 5.69 Å². The molecule has 0 fully saturated rings. The van der Waals surface area contributed by atoms with Gasteiger partial charge in [-0.1, -0.05) is 23.7 Å². The highest BCUT2D eigenvalue weighted by Gasteiger charge is 2.23. The van der Waals surface area contributed by atoms with Crippen molar-refractivity contribution < 1.29 is 4.92 Å². The van der Waals surface area contributed by atoms with E-state index in [1.807, 2.05) is 35.2 Å². The van der Waals surface area contributed by atoms with Crippen LogP contribution in [0, 0.1) is 10.1 Å². The van der Waals surface area contributed by atoms with E-state index in [1.165, 1.54) is 17.8 Å². The molecule has 28 heavy (non-hydrogen) atoms. The average molecular weight is 412 g/mol. The molecule has 0 N–H and O–H groups in total. The lowest BCUT2D eigenvalue weighted by Crippen LogP contribution is -2.01. The van der Waals surface area contributed by atoms with Crippen LogP contribution in [0.1, 0.15) is 0 Å². The molecule has 0 aliphatic rings. The minimum Gasteiger partial charge on any atom is -0.302 e. The molecule has 140 valence electrons. The van der Waals surface area contributed by atoms with Crippen LogP contribution in [0.2, 0.25) is 5.02 Å². The van der Waals surface area contributed by atoms with Crippen LogP contribution in [-0.4, -0.2) is 30.5 Å². The first kappa shape index (κ1) is 18.3. The number of hydrogen-bond donors (Lipinski definition) is 0. The van der Waals surface area contributed by atoms with Crippen molar-refractivity contribution in [2.75, 3.05) is 6.26 Å². The van der Waals surface area contributed by atoms with E-state index in [2.05, 4.69) is 4.98 Å². The number of thioether (sulfide) groups is 1. The number of aromatic nitrogens is 4. The fraction of sp³-hybridized carbons (Fsp3) is 0.0526. The summed E-state index contributed by atoms with van der Waals surface area (Å²) in [7, 11) is 0. The molecule has 0 aliphatic carbocycles. The van der Waals surface area contributed by atoms with Gasteiger partial charge in [-0.15, -0.1) is 11.8 Å². The van der Waals surface area contributed by atoms with E-state index in [1.54, 1.807) is 41.5 Å². The monoisotopic (exact) mass is 411 g/mol. The number of nitro groups is 1. The van der Waals surface area contributed by atoms with Crippen molar-refractivity contribution >= 4 is 29.1 Å². The third kappa shape index (κ3) is 3.28. The van der Waals surface area contributed by atoms with Crippen LogP contribution in [0.25, 0.3) is 22.6 Å². The summed E-state index contributed by atoms with van der Waals surface area (Å²) in [6, 6.07) is 13.8. The molecule has 2 heterocycles. The zero-order chi connectivity index (χ0) is 19.7. The first-order valence-electron chi connectivity index (χ1n) is 8.24. The zero-order valence-electron chi connectivity index (χ0n) is 14.7. The van der Waals surface area contributed by atoms with E-state index in [0.717, 1.165) is 22.1 Å². The van der Waals surface area contributed by atoms with Gasteiger partial charge in [0.2, 0.25) is 0 Å². The molecular weight excluding hydrogens is 398 g/mol. The SMILES string of the molecule is CSc1nn(-c2ccc(Cl)cc2)c(-c2cccc([N+](=O)[O-])c2)c1-n1ccnc1. The van der Waals surface area contributed by atoms with E-state index in [-0.39, 0.29) is 5.69 Å². The molecular formula is C19H14ClN5O2S. The fourth-order valence-corrected chi connectivity index (χ4v) is 3.63. The first-order valence-corrected chi connectivity index (χ1v) is 9.85. The molecule has 0 saturated carbocycles. The minimum absolute atomic E-state index is 0.0173. The molecule has 2 aromatic carbocycles. The molecule has 0 atom stereocenters. The van der Waals surface area contributed by atoms with Gasteiger partial charge in [0.1, 0.15) is 10.7 Å². The maximum atomic E-state index is 11.3. The Morgan fingerprint density at radius 2 is 1.96 bits per heavy atom. The summed E-state index contributed by atoms with van der Waals surface area (Å²) in [6.07, 6.45) is 7.13. The number of hydrogen-bond acceptors (Lipinski definition) is 5. The molecule has 4 aromatic rings. The number of non-ortho nitro benzene ring substituents is 1. The Labute approximate surface area is 169 Å². The summed E-state index contributed by atoms with van der Waals surface area (Å²) >= 11 is 7.53. The van der Waals surface area contributed by atoms with Gasteiger partial charge in [0.25, 0.3) is 5.69 Å². The molecule has 0 saturated heterocycles. The highest BCUT2D eigenvalue weighted by atomic mass is 35.5. The fourth-order valence-electron chi connectivity index (χ4n) is 2.95. The van der Waals surface area contributed by atoms with Crippen molar-refractivity contribution in [2.45, 2.75) is 5.03 Å². The molecule has 7 nitrogen and oxygen atoms in total. The van der Waals surface area contributed by atoms with Crippen LogP contribution in [0.3, 0.4) is 0 Å². The predicted octanol–water partition coefficient (Wildman–Crippen LogP) is 5.01. The number of nitrogens with zero attached hydrogens (tertiary/aromatic N) is 5. The summed E-state index contributed by atoms with van der Waals surface area (Å²) in [6.45, 7) is 0. The van der Waals surface area contributed by atoms with E-state index in [4.69, 9.17) is 16.7 Å². The van der Waals surface area contributed by atoms with Crippen LogP contribution in [0.5, 0.6) is 0 Å². The number of rotatable bonds is 5. The Hall–Kier alpha value is -3.10. The second kappa shape index (κ2) is 7.49. The molecule has 0 spiro atoms. The molecule has 0 radical (unpaired) electrons. The smallest absolute Gasteiger partial charge is 0.270 e. The van der Waals surface area contributed by atoms with Gasteiger partial charge in [-0.05, 0) is 30.5 Å². The van der Waals surface area contributed by atoms with E-state index < -0.39 is 4.92 Å². The van der Waals surface area contributed by atoms with Gasteiger partial charge in [-0.3, -0.25) is 10.1 Å². The van der Waals surface area contributed by atoms with Crippen molar-refractivity contribution in [3.8, 4) is 22.6 Å². The van der Waals surface area contributed by atoms with Crippen molar-refractivity contribution in [3.63, 3.8) is 0 Å². The predicted molar refractivity (Wildman–Crippen MR) is 110 cm³/mol. The lowest BCUT2D eigenvalue weighted by molar-refractivity contribution is -0.384. The van der Waals surface area contributed by atoms with Gasteiger partial charge >= 0.3 is 0 Å². The lowest BCUT2D eigenvalue weighted by Gasteiger charge is -2.11. The Morgan fingerprint density at radius 1 is 1.18 bits per heavy atom. The number of benzene rings is 2. The van der Waals surface area contributed by atoms with E-state index in [9.17, 15) is 10.1 Å². The number of nitro benzene ring substituents is 1. The molecule has 4 rings (SSSR count). The van der Waals surface area contributed by atoms with Crippen LogP contribution in [-0.2, 0) is 0 Å². The second-order valence-electron chi connectivity index (χ2n) is 5.87. The summed E-state index contributed by atoms with van der Waals surface area (Å²) in [5.74, 6) is 0. The molecule has 0 aliphatic heterocycles. The maximum Gasteiger partial charge on any atom is 0.270 e. The quantitative estimate of drug-likeness (QED) is 0.262. The molecule has 0 bridgehead atoms. The third-order valence-electron chi connectivity index (χ3n) is 4.19. The van der Waals surface area contributed by atoms with Crippen molar-refractivity contribution in [3.05, 3.63) is 82.4 Å². The maximum absolute atomic E-state index is 11.3. The van der Waals surface area contributed by atoms with Gasteiger partial charge in [0.15, 0.2) is 0 Å². The third-order valence-corrected chi connectivity index (χ3v) is 5.10. The Balaban J connectivity index is 2.03.